The predicted molar refractivity (Wildman–Crippen MR) is 149 cm³/mol. The Kier molecular flexibility index (Phi) is 6.83. The molecule has 9 heteroatoms. The van der Waals surface area contributed by atoms with Crippen LogP contribution in [0.3, 0.4) is 0 Å². The quantitative estimate of drug-likeness (QED) is 0.262. The maximum atomic E-state index is 6.51. The number of halogens is 2. The van der Waals surface area contributed by atoms with Crippen molar-refractivity contribution in [2.75, 3.05) is 18.4 Å². The van der Waals surface area contributed by atoms with Crippen LogP contribution >= 0.6 is 23.2 Å². The average molecular weight is 532 g/mol. The molecule has 2 N–H and O–H groups in total. The summed E-state index contributed by atoms with van der Waals surface area (Å²) in [4.78, 5) is 4.84. The zero-order chi connectivity index (χ0) is 25.2. The molecule has 6 rings (SSSR count). The van der Waals surface area contributed by atoms with E-state index in [1.54, 1.807) is 0 Å². The van der Waals surface area contributed by atoms with Gasteiger partial charge < -0.3 is 10.6 Å². The molecule has 4 heterocycles. The van der Waals surface area contributed by atoms with Gasteiger partial charge in [-0.15, -0.1) is 0 Å². The molecule has 0 unspecified atom stereocenters. The van der Waals surface area contributed by atoms with Gasteiger partial charge in [-0.2, -0.15) is 10.2 Å². The van der Waals surface area contributed by atoms with E-state index in [0.29, 0.717) is 29.2 Å². The second-order valence-corrected chi connectivity index (χ2v) is 10.1. The summed E-state index contributed by atoms with van der Waals surface area (Å²) in [5.74, 6) is 0.721. The van der Waals surface area contributed by atoms with Gasteiger partial charge in [-0.25, -0.2) is 4.98 Å². The molecule has 1 aliphatic heterocycles. The van der Waals surface area contributed by atoms with E-state index in [0.717, 1.165) is 59.5 Å². The van der Waals surface area contributed by atoms with Gasteiger partial charge in [0.2, 0.25) is 0 Å². The van der Waals surface area contributed by atoms with Crippen LogP contribution in [0.25, 0.3) is 22.2 Å². The van der Waals surface area contributed by atoms with E-state index in [2.05, 4.69) is 44.8 Å². The standard InChI is InChI=1S/C28H27Cl2N7/c29-24-7-4-8-25(30)23(24)18-37-26-13-20(21-16-34-36(17-21)22-9-11-31-12-10-22)15-32-27(26)28(35-37)33-14-19-5-2-1-3-6-19/h1-8,13,15-17,22,31H,9-12,14,18H2,(H,33,35). The van der Waals surface area contributed by atoms with E-state index in [-0.39, 0.29) is 0 Å². The van der Waals surface area contributed by atoms with Crippen LogP contribution in [0, 0.1) is 0 Å². The number of hydrogen-bond acceptors (Lipinski definition) is 5. The predicted octanol–water partition coefficient (Wildman–Crippen LogP) is 6.19. The van der Waals surface area contributed by atoms with E-state index in [1.165, 1.54) is 5.56 Å². The SMILES string of the molecule is Clc1cccc(Cl)c1Cn1nc(NCc2ccccc2)c2ncc(-c3cnn(C4CCNCC4)c3)cc21. The van der Waals surface area contributed by atoms with Crippen molar-refractivity contribution in [3.63, 3.8) is 0 Å². The summed E-state index contributed by atoms with van der Waals surface area (Å²) in [5, 5.41) is 17.7. The van der Waals surface area contributed by atoms with Crippen molar-refractivity contribution in [3.05, 3.63) is 94.4 Å². The maximum absolute atomic E-state index is 6.51. The first-order chi connectivity index (χ1) is 18.2. The number of benzene rings is 2. The van der Waals surface area contributed by atoms with Crippen LogP contribution < -0.4 is 10.6 Å². The summed E-state index contributed by atoms with van der Waals surface area (Å²) in [6, 6.07) is 18.3. The number of hydrogen-bond donors (Lipinski definition) is 2. The lowest BCUT2D eigenvalue weighted by molar-refractivity contribution is 0.343. The first kappa shape index (κ1) is 24.0. The largest absolute Gasteiger partial charge is 0.363 e. The van der Waals surface area contributed by atoms with Crippen LogP contribution in [-0.4, -0.2) is 37.6 Å². The summed E-state index contributed by atoms with van der Waals surface area (Å²) < 4.78 is 4.01. The number of nitrogens with one attached hydrogen (secondary N) is 2. The van der Waals surface area contributed by atoms with Crippen molar-refractivity contribution in [1.29, 1.82) is 0 Å². The highest BCUT2D eigenvalue weighted by Crippen LogP contribution is 2.31. The fourth-order valence-corrected chi connectivity index (χ4v) is 5.34. The van der Waals surface area contributed by atoms with Gasteiger partial charge in [-0.1, -0.05) is 59.6 Å². The Hall–Kier alpha value is -3.39. The van der Waals surface area contributed by atoms with Gasteiger partial charge >= 0.3 is 0 Å². The smallest absolute Gasteiger partial charge is 0.174 e. The van der Waals surface area contributed by atoms with Gasteiger partial charge in [0.05, 0.1) is 24.3 Å². The van der Waals surface area contributed by atoms with Crippen LogP contribution in [0.15, 0.2) is 73.2 Å². The first-order valence-corrected chi connectivity index (χ1v) is 13.2. The van der Waals surface area contributed by atoms with Crippen LogP contribution in [-0.2, 0) is 13.1 Å². The molecule has 37 heavy (non-hydrogen) atoms. The Labute approximate surface area is 225 Å². The zero-order valence-corrected chi connectivity index (χ0v) is 21.8. The number of anilines is 1. The monoisotopic (exact) mass is 531 g/mol. The van der Waals surface area contributed by atoms with E-state index in [4.69, 9.17) is 33.3 Å². The van der Waals surface area contributed by atoms with Crippen molar-refractivity contribution in [2.24, 2.45) is 0 Å². The lowest BCUT2D eigenvalue weighted by Crippen LogP contribution is -2.29. The van der Waals surface area contributed by atoms with Gasteiger partial charge in [-0.3, -0.25) is 9.36 Å². The molecule has 188 valence electrons. The van der Waals surface area contributed by atoms with Crippen LogP contribution in [0.5, 0.6) is 0 Å². The molecule has 1 saturated heterocycles. The van der Waals surface area contributed by atoms with E-state index in [9.17, 15) is 0 Å². The highest BCUT2D eigenvalue weighted by atomic mass is 35.5. The topological polar surface area (TPSA) is 72.6 Å². The van der Waals surface area contributed by atoms with Gasteiger partial charge in [0, 0.05) is 45.7 Å². The zero-order valence-electron chi connectivity index (χ0n) is 20.2. The fraction of sp³-hybridized carbons (Fsp3) is 0.250. The van der Waals surface area contributed by atoms with Gasteiger partial charge in [0.1, 0.15) is 5.52 Å². The molecule has 1 fully saturated rings. The number of rotatable bonds is 7. The van der Waals surface area contributed by atoms with Crippen LogP contribution in [0.4, 0.5) is 5.82 Å². The minimum atomic E-state index is 0.424. The summed E-state index contributed by atoms with van der Waals surface area (Å²) in [7, 11) is 0. The average Bonchev–Trinajstić information content (AvgIpc) is 3.56. The Balaban J connectivity index is 1.37. The number of piperidine rings is 1. The van der Waals surface area contributed by atoms with Gasteiger partial charge in [0.15, 0.2) is 5.82 Å². The number of fused-ring (bicyclic) bond motifs is 1. The third-order valence-electron chi connectivity index (χ3n) is 6.88. The molecule has 0 atom stereocenters. The van der Waals surface area contributed by atoms with E-state index >= 15 is 0 Å². The van der Waals surface area contributed by atoms with Gasteiger partial charge in [-0.05, 0) is 49.7 Å². The summed E-state index contributed by atoms with van der Waals surface area (Å²) in [6.45, 7) is 3.12. The highest BCUT2D eigenvalue weighted by molar-refractivity contribution is 6.36. The normalized spacial score (nSPS) is 14.3. The van der Waals surface area contributed by atoms with Crippen LogP contribution in [0.1, 0.15) is 30.0 Å². The molecule has 0 spiro atoms. The second-order valence-electron chi connectivity index (χ2n) is 9.33. The second kappa shape index (κ2) is 10.5. The molecule has 0 aliphatic carbocycles. The molecule has 3 aromatic heterocycles. The Morgan fingerprint density at radius 3 is 2.51 bits per heavy atom. The molecular formula is C28H27Cl2N7. The van der Waals surface area contributed by atoms with Crippen LogP contribution in [0.2, 0.25) is 10.0 Å². The molecule has 0 saturated carbocycles. The summed E-state index contributed by atoms with van der Waals surface area (Å²) in [6.07, 6.45) is 8.11. The molecule has 2 aromatic carbocycles. The number of pyridine rings is 1. The lowest BCUT2D eigenvalue weighted by atomic mass is 10.1. The molecule has 1 aliphatic rings. The fourth-order valence-electron chi connectivity index (χ4n) is 4.82. The Morgan fingerprint density at radius 1 is 0.946 bits per heavy atom. The molecule has 0 radical (unpaired) electrons. The third-order valence-corrected chi connectivity index (χ3v) is 7.59. The third kappa shape index (κ3) is 5.07. The minimum Gasteiger partial charge on any atom is -0.363 e. The van der Waals surface area contributed by atoms with Crippen molar-refractivity contribution < 1.29 is 0 Å². The highest BCUT2D eigenvalue weighted by Gasteiger charge is 2.19. The molecular weight excluding hydrogens is 505 g/mol. The molecule has 0 amide bonds. The number of nitrogens with zero attached hydrogens (tertiary/aromatic N) is 5. The number of aromatic nitrogens is 5. The lowest BCUT2D eigenvalue weighted by Gasteiger charge is -2.22. The Bertz CT molecular complexity index is 1500. The minimum absolute atomic E-state index is 0.424. The molecule has 0 bridgehead atoms. The maximum Gasteiger partial charge on any atom is 0.174 e. The van der Waals surface area contributed by atoms with E-state index < -0.39 is 0 Å². The van der Waals surface area contributed by atoms with E-state index in [1.807, 2.05) is 53.5 Å². The molecule has 5 aromatic rings. The van der Waals surface area contributed by atoms with Crippen molar-refractivity contribution >= 4 is 40.1 Å². The molecule has 7 nitrogen and oxygen atoms in total. The van der Waals surface area contributed by atoms with Crippen molar-refractivity contribution in [3.8, 4) is 11.1 Å². The Morgan fingerprint density at radius 2 is 1.73 bits per heavy atom. The summed E-state index contributed by atoms with van der Waals surface area (Å²) in [5.41, 5.74) is 5.73. The summed E-state index contributed by atoms with van der Waals surface area (Å²) >= 11 is 13.0. The van der Waals surface area contributed by atoms with Crippen molar-refractivity contribution in [2.45, 2.75) is 32.0 Å². The van der Waals surface area contributed by atoms with Crippen molar-refractivity contribution in [1.82, 2.24) is 29.9 Å². The first-order valence-electron chi connectivity index (χ1n) is 12.5. The van der Waals surface area contributed by atoms with Gasteiger partial charge in [0.25, 0.3) is 0 Å².